The topological polar surface area (TPSA) is 63.5 Å². The first-order valence-electron chi connectivity index (χ1n) is 8.28. The fourth-order valence-corrected chi connectivity index (χ4v) is 3.88. The first-order chi connectivity index (χ1) is 12.0. The molecule has 2 aromatic carbocycles. The third kappa shape index (κ3) is 4.20. The van der Waals surface area contributed by atoms with Gasteiger partial charge >= 0.3 is 0 Å². The second-order valence-electron chi connectivity index (χ2n) is 6.20. The Morgan fingerprint density at radius 2 is 1.88 bits per heavy atom. The number of non-ortho nitro benzene ring substituents is 1. The number of carbonyl (C=O) groups is 1. The summed E-state index contributed by atoms with van der Waals surface area (Å²) in [6.45, 7) is 2.85. The standard InChI is InChI=1S/C19H20N2O3S/c1-14-4-6-15(7-5-14)18-3-2-12-20(18)19(22)13-25-17-10-8-16(9-11-17)21(23)24/h4-11,18H,2-3,12-13H2,1H3. The van der Waals surface area contributed by atoms with Crippen molar-refractivity contribution in [2.24, 2.45) is 0 Å². The van der Waals surface area contributed by atoms with Gasteiger partial charge in [-0.15, -0.1) is 11.8 Å². The minimum atomic E-state index is -0.421. The summed E-state index contributed by atoms with van der Waals surface area (Å²) in [7, 11) is 0. The number of rotatable bonds is 5. The van der Waals surface area contributed by atoms with Gasteiger partial charge in [0.1, 0.15) is 0 Å². The molecule has 130 valence electrons. The summed E-state index contributed by atoms with van der Waals surface area (Å²) in [4.78, 5) is 25.7. The van der Waals surface area contributed by atoms with Crippen molar-refractivity contribution in [3.05, 3.63) is 69.8 Å². The summed E-state index contributed by atoms with van der Waals surface area (Å²) in [5.74, 6) is 0.464. The smallest absolute Gasteiger partial charge is 0.269 e. The van der Waals surface area contributed by atoms with Crippen molar-refractivity contribution in [2.45, 2.75) is 30.7 Å². The molecule has 1 saturated heterocycles. The van der Waals surface area contributed by atoms with Crippen LogP contribution in [0.25, 0.3) is 0 Å². The number of nitro groups is 1. The van der Waals surface area contributed by atoms with E-state index in [1.807, 2.05) is 4.90 Å². The van der Waals surface area contributed by atoms with Gasteiger partial charge in [0.15, 0.2) is 0 Å². The molecule has 1 aliphatic rings. The lowest BCUT2D eigenvalue weighted by Crippen LogP contribution is -2.31. The second kappa shape index (κ2) is 7.70. The van der Waals surface area contributed by atoms with E-state index in [9.17, 15) is 14.9 Å². The van der Waals surface area contributed by atoms with Crippen LogP contribution in [-0.2, 0) is 4.79 Å². The third-order valence-corrected chi connectivity index (χ3v) is 5.44. The molecule has 25 heavy (non-hydrogen) atoms. The minimum absolute atomic E-state index is 0.0645. The van der Waals surface area contributed by atoms with Crippen molar-refractivity contribution in [2.75, 3.05) is 12.3 Å². The number of thioether (sulfide) groups is 1. The molecule has 0 radical (unpaired) electrons. The Labute approximate surface area is 151 Å². The molecule has 5 nitrogen and oxygen atoms in total. The number of nitrogens with zero attached hydrogens (tertiary/aromatic N) is 2. The van der Waals surface area contributed by atoms with Crippen LogP contribution in [0.4, 0.5) is 5.69 Å². The molecule has 3 rings (SSSR count). The molecule has 1 amide bonds. The summed E-state index contributed by atoms with van der Waals surface area (Å²) in [5, 5.41) is 10.7. The number of aryl methyl sites for hydroxylation is 1. The molecular weight excluding hydrogens is 336 g/mol. The predicted molar refractivity (Wildman–Crippen MR) is 98.7 cm³/mol. The van der Waals surface area contributed by atoms with Crippen LogP contribution in [0, 0.1) is 17.0 Å². The number of likely N-dealkylation sites (tertiary alicyclic amines) is 1. The van der Waals surface area contributed by atoms with Gasteiger partial charge in [0.05, 0.1) is 16.7 Å². The summed E-state index contributed by atoms with van der Waals surface area (Å²) in [6, 6.07) is 14.9. The van der Waals surface area contributed by atoms with Crippen LogP contribution in [0.15, 0.2) is 53.4 Å². The van der Waals surface area contributed by atoms with Gasteiger partial charge in [-0.3, -0.25) is 14.9 Å². The second-order valence-corrected chi connectivity index (χ2v) is 7.24. The van der Waals surface area contributed by atoms with Gasteiger partial charge in [0.25, 0.3) is 5.69 Å². The van der Waals surface area contributed by atoms with Crippen LogP contribution < -0.4 is 0 Å². The highest BCUT2D eigenvalue weighted by Gasteiger charge is 2.29. The Morgan fingerprint density at radius 3 is 2.52 bits per heavy atom. The van der Waals surface area contributed by atoms with E-state index in [0.717, 1.165) is 24.3 Å². The Hall–Kier alpha value is -2.34. The molecule has 0 bridgehead atoms. The summed E-state index contributed by atoms with van der Waals surface area (Å²) < 4.78 is 0. The van der Waals surface area contributed by atoms with Crippen LogP contribution in [0.3, 0.4) is 0 Å². The SMILES string of the molecule is Cc1ccc(C2CCCN2C(=O)CSc2ccc([N+](=O)[O-])cc2)cc1. The average Bonchev–Trinajstić information content (AvgIpc) is 3.10. The van der Waals surface area contributed by atoms with Gasteiger partial charge in [-0.05, 0) is 37.5 Å². The van der Waals surface area contributed by atoms with E-state index < -0.39 is 4.92 Å². The van der Waals surface area contributed by atoms with Crippen molar-refractivity contribution in [3.8, 4) is 0 Å². The molecule has 1 atom stereocenters. The number of carbonyl (C=O) groups excluding carboxylic acids is 1. The first kappa shape index (κ1) is 17.5. The van der Waals surface area contributed by atoms with Gasteiger partial charge in [0.2, 0.25) is 5.91 Å². The van der Waals surface area contributed by atoms with Gasteiger partial charge in [-0.2, -0.15) is 0 Å². The molecule has 6 heteroatoms. The Morgan fingerprint density at radius 1 is 1.20 bits per heavy atom. The molecule has 0 aromatic heterocycles. The van der Waals surface area contributed by atoms with Crippen LogP contribution in [0.5, 0.6) is 0 Å². The van der Waals surface area contributed by atoms with Gasteiger partial charge in [-0.25, -0.2) is 0 Å². The highest BCUT2D eigenvalue weighted by Crippen LogP contribution is 2.33. The normalized spacial score (nSPS) is 16.8. The van der Waals surface area contributed by atoms with E-state index in [4.69, 9.17) is 0 Å². The maximum atomic E-state index is 12.6. The molecule has 1 aliphatic heterocycles. The maximum absolute atomic E-state index is 12.6. The highest BCUT2D eigenvalue weighted by atomic mass is 32.2. The molecular formula is C19H20N2O3S. The Kier molecular flexibility index (Phi) is 5.38. The molecule has 2 aromatic rings. The monoisotopic (exact) mass is 356 g/mol. The minimum Gasteiger partial charge on any atom is -0.335 e. The number of benzene rings is 2. The summed E-state index contributed by atoms with van der Waals surface area (Å²) >= 11 is 1.42. The molecule has 0 saturated carbocycles. The summed E-state index contributed by atoms with van der Waals surface area (Å²) in [5.41, 5.74) is 2.47. The number of hydrogen-bond acceptors (Lipinski definition) is 4. The zero-order chi connectivity index (χ0) is 17.8. The van der Waals surface area contributed by atoms with E-state index in [1.165, 1.54) is 35.0 Å². The van der Waals surface area contributed by atoms with E-state index in [1.54, 1.807) is 12.1 Å². The Bertz CT molecular complexity index is 759. The number of nitro benzene ring substituents is 1. The Balaban J connectivity index is 1.62. The zero-order valence-corrected chi connectivity index (χ0v) is 14.9. The lowest BCUT2D eigenvalue weighted by molar-refractivity contribution is -0.384. The van der Waals surface area contributed by atoms with Crippen LogP contribution in [0.2, 0.25) is 0 Å². The van der Waals surface area contributed by atoms with Gasteiger partial charge in [-0.1, -0.05) is 29.8 Å². The fraction of sp³-hybridized carbons (Fsp3) is 0.316. The van der Waals surface area contributed by atoms with Crippen molar-refractivity contribution in [3.63, 3.8) is 0 Å². The van der Waals surface area contributed by atoms with Crippen LogP contribution >= 0.6 is 11.8 Å². The van der Waals surface area contributed by atoms with Crippen molar-refractivity contribution in [1.82, 2.24) is 4.90 Å². The van der Waals surface area contributed by atoms with E-state index in [0.29, 0.717) is 5.75 Å². The van der Waals surface area contributed by atoms with Crippen molar-refractivity contribution >= 4 is 23.4 Å². The van der Waals surface area contributed by atoms with Gasteiger partial charge < -0.3 is 4.90 Å². The number of hydrogen-bond donors (Lipinski definition) is 0. The predicted octanol–water partition coefficient (Wildman–Crippen LogP) is 4.36. The van der Waals surface area contributed by atoms with E-state index >= 15 is 0 Å². The van der Waals surface area contributed by atoms with Gasteiger partial charge in [0, 0.05) is 23.6 Å². The highest BCUT2D eigenvalue weighted by molar-refractivity contribution is 8.00. The molecule has 0 aliphatic carbocycles. The van der Waals surface area contributed by atoms with Crippen molar-refractivity contribution < 1.29 is 9.72 Å². The molecule has 1 fully saturated rings. The summed E-state index contributed by atoms with van der Waals surface area (Å²) in [6.07, 6.45) is 2.02. The van der Waals surface area contributed by atoms with E-state index in [2.05, 4.69) is 31.2 Å². The quantitative estimate of drug-likeness (QED) is 0.454. The average molecular weight is 356 g/mol. The lowest BCUT2D eigenvalue weighted by Gasteiger charge is -2.25. The first-order valence-corrected chi connectivity index (χ1v) is 9.26. The van der Waals surface area contributed by atoms with Crippen LogP contribution in [0.1, 0.15) is 30.0 Å². The molecule has 0 N–H and O–H groups in total. The molecule has 0 spiro atoms. The van der Waals surface area contributed by atoms with Crippen LogP contribution in [-0.4, -0.2) is 28.0 Å². The van der Waals surface area contributed by atoms with Crippen molar-refractivity contribution in [1.29, 1.82) is 0 Å². The lowest BCUT2D eigenvalue weighted by atomic mass is 10.0. The van der Waals surface area contributed by atoms with E-state index in [-0.39, 0.29) is 17.6 Å². The number of amides is 1. The molecule has 1 heterocycles. The largest absolute Gasteiger partial charge is 0.335 e. The molecule has 1 unspecified atom stereocenters. The zero-order valence-electron chi connectivity index (χ0n) is 14.1. The third-order valence-electron chi connectivity index (χ3n) is 4.45. The fourth-order valence-electron chi connectivity index (χ4n) is 3.09. The maximum Gasteiger partial charge on any atom is 0.269 e.